The van der Waals surface area contributed by atoms with Crippen molar-refractivity contribution in [2.24, 2.45) is 5.92 Å². The van der Waals surface area contributed by atoms with Crippen LogP contribution in [0.15, 0.2) is 36.7 Å². The van der Waals surface area contributed by atoms with Gasteiger partial charge in [0.1, 0.15) is 12.4 Å². The number of benzene rings is 1. The normalized spacial score (nSPS) is 20.6. The largest absolute Gasteiger partial charge is 0.354 e. The van der Waals surface area contributed by atoms with E-state index in [9.17, 15) is 13.2 Å². The van der Waals surface area contributed by atoms with Gasteiger partial charge in [-0.3, -0.25) is 4.79 Å². The number of rotatable bonds is 6. The Labute approximate surface area is 140 Å². The van der Waals surface area contributed by atoms with E-state index in [0.717, 1.165) is 5.56 Å². The van der Waals surface area contributed by atoms with Gasteiger partial charge in [0.25, 0.3) is 0 Å². The van der Waals surface area contributed by atoms with Crippen molar-refractivity contribution in [3.05, 3.63) is 42.2 Å². The summed E-state index contributed by atoms with van der Waals surface area (Å²) in [6.45, 7) is 0.353. The van der Waals surface area contributed by atoms with Gasteiger partial charge in [-0.1, -0.05) is 30.3 Å². The number of amides is 1. The summed E-state index contributed by atoms with van der Waals surface area (Å²) in [5.74, 6) is 0.107. The molecule has 1 aromatic heterocycles. The van der Waals surface area contributed by atoms with Gasteiger partial charge in [-0.2, -0.15) is 0 Å². The summed E-state index contributed by atoms with van der Waals surface area (Å²) in [6, 6.07) is 9.04. The summed E-state index contributed by atoms with van der Waals surface area (Å²) < 4.78 is 24.4. The van der Waals surface area contributed by atoms with Crippen LogP contribution in [0.2, 0.25) is 0 Å². The van der Waals surface area contributed by atoms with Crippen LogP contribution in [0.25, 0.3) is 0 Å². The molecule has 1 N–H and O–H groups in total. The Bertz CT molecular complexity index is 777. The first-order chi connectivity index (χ1) is 11.5. The number of sulfone groups is 1. The number of hydrogen-bond donors (Lipinski definition) is 1. The summed E-state index contributed by atoms with van der Waals surface area (Å²) >= 11 is 0. The van der Waals surface area contributed by atoms with Crippen LogP contribution in [0.1, 0.15) is 18.0 Å². The minimum atomic E-state index is -2.94. The minimum Gasteiger partial charge on any atom is -0.354 e. The molecule has 1 amide bonds. The minimum absolute atomic E-state index is 0.0230. The lowest BCUT2D eigenvalue weighted by Crippen LogP contribution is -2.37. The number of carbonyl (C=O) groups is 1. The average Bonchev–Trinajstić information content (AvgIpc) is 3.21. The lowest BCUT2D eigenvalue weighted by molar-refractivity contribution is -0.124. The lowest BCUT2D eigenvalue weighted by atomic mass is 10.0. The number of nitrogens with one attached hydrogen (secondary N) is 1. The maximum Gasteiger partial charge on any atom is 0.245 e. The van der Waals surface area contributed by atoms with Gasteiger partial charge in [0.15, 0.2) is 9.84 Å². The van der Waals surface area contributed by atoms with Crippen molar-refractivity contribution in [3.8, 4) is 0 Å². The monoisotopic (exact) mass is 349 g/mol. The highest BCUT2D eigenvalue weighted by Gasteiger charge is 2.29. The van der Waals surface area contributed by atoms with Gasteiger partial charge in [0.05, 0.1) is 11.5 Å². The number of nitrogens with zero attached hydrogens (tertiary/aromatic N) is 4. The zero-order chi connectivity index (χ0) is 17.0. The van der Waals surface area contributed by atoms with E-state index < -0.39 is 15.9 Å². The van der Waals surface area contributed by atoms with Crippen LogP contribution in [-0.4, -0.2) is 52.6 Å². The molecule has 1 aromatic carbocycles. The van der Waals surface area contributed by atoms with E-state index in [1.807, 2.05) is 30.3 Å². The number of hydrogen-bond acceptors (Lipinski definition) is 6. The van der Waals surface area contributed by atoms with Crippen LogP contribution < -0.4 is 5.32 Å². The van der Waals surface area contributed by atoms with E-state index in [-0.39, 0.29) is 23.3 Å². The summed E-state index contributed by atoms with van der Waals surface area (Å²) in [5.41, 5.74) is 0.997. The second-order valence-corrected chi connectivity index (χ2v) is 8.24. The topological polar surface area (TPSA) is 107 Å². The van der Waals surface area contributed by atoms with Gasteiger partial charge >= 0.3 is 0 Å². The lowest BCUT2D eigenvalue weighted by Gasteiger charge is -2.17. The molecule has 0 radical (unpaired) electrons. The fourth-order valence-corrected chi connectivity index (χ4v) is 4.71. The summed E-state index contributed by atoms with van der Waals surface area (Å²) in [5, 5.41) is 13.9. The third kappa shape index (κ3) is 4.16. The molecule has 1 aliphatic rings. The summed E-state index contributed by atoms with van der Waals surface area (Å²) in [7, 11) is -2.94. The van der Waals surface area contributed by atoms with Gasteiger partial charge in [0.2, 0.25) is 5.91 Å². The summed E-state index contributed by atoms with van der Waals surface area (Å²) in [4.78, 5) is 12.6. The van der Waals surface area contributed by atoms with Crippen LogP contribution in [0.5, 0.6) is 0 Å². The van der Waals surface area contributed by atoms with Crippen molar-refractivity contribution >= 4 is 15.7 Å². The highest BCUT2D eigenvalue weighted by Crippen LogP contribution is 2.18. The molecule has 2 aromatic rings. The maximum absolute atomic E-state index is 12.6. The van der Waals surface area contributed by atoms with E-state index in [2.05, 4.69) is 20.8 Å². The highest BCUT2D eigenvalue weighted by atomic mass is 32.2. The van der Waals surface area contributed by atoms with E-state index in [1.165, 1.54) is 11.0 Å². The fraction of sp³-hybridized carbons (Fsp3) is 0.467. The van der Waals surface area contributed by atoms with Crippen molar-refractivity contribution in [2.45, 2.75) is 18.9 Å². The predicted octanol–water partition coefficient (Wildman–Crippen LogP) is 0.00780. The average molecular weight is 349 g/mol. The Morgan fingerprint density at radius 2 is 2.12 bits per heavy atom. The van der Waals surface area contributed by atoms with Crippen molar-refractivity contribution in [3.63, 3.8) is 0 Å². The first kappa shape index (κ1) is 16.6. The van der Waals surface area contributed by atoms with Crippen LogP contribution in [-0.2, 0) is 21.1 Å². The Hall–Kier alpha value is -2.29. The molecular weight excluding hydrogens is 330 g/mol. The van der Waals surface area contributed by atoms with E-state index >= 15 is 0 Å². The second kappa shape index (κ2) is 7.08. The smallest absolute Gasteiger partial charge is 0.245 e. The number of tetrazole rings is 1. The predicted molar refractivity (Wildman–Crippen MR) is 86.8 cm³/mol. The van der Waals surface area contributed by atoms with E-state index in [0.29, 0.717) is 19.4 Å². The Morgan fingerprint density at radius 1 is 1.33 bits per heavy atom. The molecule has 1 saturated heterocycles. The molecule has 1 aliphatic heterocycles. The summed E-state index contributed by atoms with van der Waals surface area (Å²) in [6.07, 6.45) is 2.46. The molecule has 2 atom stereocenters. The van der Waals surface area contributed by atoms with Crippen molar-refractivity contribution in [1.82, 2.24) is 25.5 Å². The molecule has 0 spiro atoms. The molecule has 2 heterocycles. The molecule has 3 rings (SSSR count). The van der Waals surface area contributed by atoms with Gasteiger partial charge in [-0.05, 0) is 28.3 Å². The van der Waals surface area contributed by atoms with Crippen molar-refractivity contribution < 1.29 is 13.2 Å². The highest BCUT2D eigenvalue weighted by molar-refractivity contribution is 7.91. The molecule has 8 nitrogen and oxygen atoms in total. The van der Waals surface area contributed by atoms with Gasteiger partial charge in [-0.15, -0.1) is 5.10 Å². The molecule has 0 unspecified atom stereocenters. The van der Waals surface area contributed by atoms with Gasteiger partial charge < -0.3 is 5.32 Å². The third-order valence-electron chi connectivity index (χ3n) is 4.15. The maximum atomic E-state index is 12.6. The molecule has 0 aliphatic carbocycles. The molecule has 9 heteroatoms. The van der Waals surface area contributed by atoms with Crippen molar-refractivity contribution in [2.75, 3.05) is 18.1 Å². The molecule has 128 valence electrons. The molecule has 1 fully saturated rings. The molecule has 24 heavy (non-hydrogen) atoms. The standard InChI is InChI=1S/C15H19N5O3S/c21-15(16-9-13-6-7-24(22,23)10-13)14(20-11-17-18-19-20)8-12-4-2-1-3-5-12/h1-5,11,13-14H,6-10H2,(H,16,21)/t13-,14-/m0/s1. The van der Waals surface area contributed by atoms with Crippen LogP contribution >= 0.6 is 0 Å². The Balaban J connectivity index is 1.65. The zero-order valence-electron chi connectivity index (χ0n) is 13.1. The number of carbonyl (C=O) groups excluding carboxylic acids is 1. The third-order valence-corrected chi connectivity index (χ3v) is 5.99. The Kier molecular flexibility index (Phi) is 4.89. The van der Waals surface area contributed by atoms with Crippen LogP contribution in [0.3, 0.4) is 0 Å². The zero-order valence-corrected chi connectivity index (χ0v) is 13.9. The van der Waals surface area contributed by atoms with Crippen molar-refractivity contribution in [1.29, 1.82) is 0 Å². The van der Waals surface area contributed by atoms with Crippen LogP contribution in [0, 0.1) is 5.92 Å². The Morgan fingerprint density at radius 3 is 2.75 bits per heavy atom. The quantitative estimate of drug-likeness (QED) is 0.787. The molecule has 0 bridgehead atoms. The first-order valence-corrected chi connectivity index (χ1v) is 9.60. The molecular formula is C15H19N5O3S. The number of aromatic nitrogens is 4. The first-order valence-electron chi connectivity index (χ1n) is 7.78. The van der Waals surface area contributed by atoms with Gasteiger partial charge in [0, 0.05) is 13.0 Å². The van der Waals surface area contributed by atoms with Crippen LogP contribution in [0.4, 0.5) is 0 Å². The SMILES string of the molecule is O=C(NC[C@@H]1CCS(=O)(=O)C1)[C@H](Cc1ccccc1)n1cnnn1. The van der Waals surface area contributed by atoms with E-state index in [4.69, 9.17) is 0 Å². The van der Waals surface area contributed by atoms with E-state index in [1.54, 1.807) is 0 Å². The fourth-order valence-electron chi connectivity index (χ4n) is 2.85. The molecule has 0 saturated carbocycles. The second-order valence-electron chi connectivity index (χ2n) is 6.01. The van der Waals surface area contributed by atoms with Gasteiger partial charge in [-0.25, -0.2) is 13.1 Å².